The second kappa shape index (κ2) is 5.01. The van der Waals surface area contributed by atoms with Crippen molar-refractivity contribution in [2.24, 2.45) is 10.2 Å². The van der Waals surface area contributed by atoms with Gasteiger partial charge in [-0.1, -0.05) is 11.6 Å². The molecule has 2 aliphatic heterocycles. The summed E-state index contributed by atoms with van der Waals surface area (Å²) in [6.07, 6.45) is 0. The van der Waals surface area contributed by atoms with Crippen molar-refractivity contribution in [2.75, 3.05) is 11.9 Å². The van der Waals surface area contributed by atoms with E-state index in [0.29, 0.717) is 21.6 Å². The SMILES string of the molecule is Cc1cc2nc3c(nc2cc1C)N(C)C1=C(N=NC(Cl)C1=O)S3. The molecule has 0 fully saturated rings. The maximum absolute atomic E-state index is 12.3. The molecule has 23 heavy (non-hydrogen) atoms. The van der Waals surface area contributed by atoms with Gasteiger partial charge in [0.05, 0.1) is 11.0 Å². The number of benzene rings is 1. The molecule has 8 heteroatoms. The van der Waals surface area contributed by atoms with E-state index in [2.05, 4.69) is 15.2 Å². The van der Waals surface area contributed by atoms with Crippen molar-refractivity contribution in [1.29, 1.82) is 0 Å². The van der Waals surface area contributed by atoms with E-state index in [1.165, 1.54) is 17.3 Å². The number of Topliss-reactive ketones (excluding diaryl/α,β-unsaturated/α-hetero) is 1. The topological polar surface area (TPSA) is 70.8 Å². The monoisotopic (exact) mass is 345 g/mol. The van der Waals surface area contributed by atoms with E-state index in [9.17, 15) is 4.79 Å². The number of aryl methyl sites for hydroxylation is 2. The molecule has 1 atom stereocenters. The van der Waals surface area contributed by atoms with Crippen LogP contribution >= 0.6 is 23.4 Å². The fraction of sp³-hybridized carbons (Fsp3) is 0.267. The zero-order valence-electron chi connectivity index (χ0n) is 12.7. The Morgan fingerprint density at radius 2 is 1.83 bits per heavy atom. The van der Waals surface area contributed by atoms with Crippen molar-refractivity contribution < 1.29 is 4.79 Å². The van der Waals surface area contributed by atoms with E-state index in [4.69, 9.17) is 16.6 Å². The van der Waals surface area contributed by atoms with Gasteiger partial charge in [0.1, 0.15) is 10.7 Å². The van der Waals surface area contributed by atoms with E-state index in [1.807, 2.05) is 26.0 Å². The quantitative estimate of drug-likeness (QED) is 0.539. The second-order valence-corrected chi connectivity index (χ2v) is 6.90. The Hall–Kier alpha value is -1.99. The molecule has 2 aliphatic rings. The smallest absolute Gasteiger partial charge is 0.223 e. The van der Waals surface area contributed by atoms with Gasteiger partial charge in [-0.2, -0.15) is 5.11 Å². The summed E-state index contributed by atoms with van der Waals surface area (Å²) < 4.78 is 0. The second-order valence-electron chi connectivity index (χ2n) is 5.51. The molecule has 1 aromatic heterocycles. The number of carbonyl (C=O) groups is 1. The first-order valence-corrected chi connectivity index (χ1v) is 8.25. The van der Waals surface area contributed by atoms with E-state index >= 15 is 0 Å². The Morgan fingerprint density at radius 3 is 2.52 bits per heavy atom. The lowest BCUT2D eigenvalue weighted by atomic mass is 10.1. The van der Waals surface area contributed by atoms with Gasteiger partial charge in [-0.25, -0.2) is 9.97 Å². The molecular formula is C15H12ClN5OS. The number of hydrogen-bond acceptors (Lipinski definition) is 7. The van der Waals surface area contributed by atoms with E-state index < -0.39 is 5.50 Å². The number of halogens is 1. The van der Waals surface area contributed by atoms with E-state index in [1.54, 1.807) is 11.9 Å². The maximum atomic E-state index is 12.3. The Kier molecular flexibility index (Phi) is 3.18. The molecule has 4 rings (SSSR count). The highest BCUT2D eigenvalue weighted by atomic mass is 35.5. The van der Waals surface area contributed by atoms with Crippen molar-refractivity contribution in [1.82, 2.24) is 9.97 Å². The average Bonchev–Trinajstić information content (AvgIpc) is 2.51. The number of alkyl halides is 1. The molecule has 1 aromatic carbocycles. The number of hydrogen-bond donors (Lipinski definition) is 0. The predicted octanol–water partition coefficient (Wildman–Crippen LogP) is 3.56. The van der Waals surface area contributed by atoms with Crippen molar-refractivity contribution in [3.8, 4) is 0 Å². The molecule has 0 spiro atoms. The van der Waals surface area contributed by atoms with Crippen LogP contribution in [0.5, 0.6) is 0 Å². The van der Waals surface area contributed by atoms with Gasteiger partial charge in [0.25, 0.3) is 0 Å². The first-order chi connectivity index (χ1) is 11.0. The molecule has 2 aromatic rings. The van der Waals surface area contributed by atoms with Gasteiger partial charge in [-0.3, -0.25) is 4.79 Å². The van der Waals surface area contributed by atoms with Crippen LogP contribution in [0.2, 0.25) is 0 Å². The number of nitrogens with zero attached hydrogens (tertiary/aromatic N) is 5. The lowest BCUT2D eigenvalue weighted by molar-refractivity contribution is -0.115. The van der Waals surface area contributed by atoms with Gasteiger partial charge in [0.15, 0.2) is 10.8 Å². The molecule has 3 heterocycles. The fourth-order valence-electron chi connectivity index (χ4n) is 2.57. The summed E-state index contributed by atoms with van der Waals surface area (Å²) in [5, 5.41) is 9.05. The maximum Gasteiger partial charge on any atom is 0.223 e. The van der Waals surface area contributed by atoms with Crippen LogP contribution in [0, 0.1) is 13.8 Å². The third-order valence-corrected chi connectivity index (χ3v) is 5.20. The third kappa shape index (κ3) is 2.14. The molecule has 6 nitrogen and oxygen atoms in total. The Balaban J connectivity index is 1.91. The standard InChI is InChI=1S/C15H12ClN5OS/c1-6-4-8-9(5-7(6)2)18-15-13(17-8)21(3)10-11(22)12(16)19-20-14(10)23-15/h4-5,12H,1-3H3. The number of fused-ring (bicyclic) bond motifs is 2. The minimum atomic E-state index is -0.975. The Bertz CT molecular complexity index is 939. The number of azo groups is 1. The summed E-state index contributed by atoms with van der Waals surface area (Å²) in [5.74, 6) is 0.373. The molecule has 0 saturated heterocycles. The van der Waals surface area contributed by atoms with E-state index in [0.717, 1.165) is 16.6 Å². The van der Waals surface area contributed by atoms with Crippen LogP contribution in [0.1, 0.15) is 11.1 Å². The number of carbonyl (C=O) groups excluding carboxylic acids is 1. The highest BCUT2D eigenvalue weighted by Gasteiger charge is 2.36. The largest absolute Gasteiger partial charge is 0.322 e. The lowest BCUT2D eigenvalue weighted by Gasteiger charge is -2.29. The number of ketones is 1. The molecule has 0 N–H and O–H groups in total. The van der Waals surface area contributed by atoms with Gasteiger partial charge in [0.2, 0.25) is 11.3 Å². The normalized spacial score (nSPS) is 20.1. The molecule has 0 bridgehead atoms. The van der Waals surface area contributed by atoms with Crippen molar-refractivity contribution >= 4 is 46.0 Å². The van der Waals surface area contributed by atoms with Crippen LogP contribution in [0.25, 0.3) is 11.0 Å². The van der Waals surface area contributed by atoms with E-state index in [-0.39, 0.29) is 5.78 Å². The number of rotatable bonds is 0. The minimum absolute atomic E-state index is 0.265. The highest BCUT2D eigenvalue weighted by molar-refractivity contribution is 8.03. The molecule has 0 amide bonds. The summed E-state index contributed by atoms with van der Waals surface area (Å²) in [6, 6.07) is 4.03. The van der Waals surface area contributed by atoms with Crippen LogP contribution in [-0.2, 0) is 4.79 Å². The number of aromatic nitrogens is 2. The molecule has 0 saturated carbocycles. The predicted molar refractivity (Wildman–Crippen MR) is 89.8 cm³/mol. The van der Waals surface area contributed by atoms with Crippen LogP contribution < -0.4 is 4.90 Å². The zero-order valence-corrected chi connectivity index (χ0v) is 14.2. The van der Waals surface area contributed by atoms with Gasteiger partial charge in [0, 0.05) is 7.05 Å². The summed E-state index contributed by atoms with van der Waals surface area (Å²) >= 11 is 7.20. The first kappa shape index (κ1) is 14.6. The first-order valence-electron chi connectivity index (χ1n) is 6.99. The average molecular weight is 346 g/mol. The van der Waals surface area contributed by atoms with Crippen LogP contribution in [0.3, 0.4) is 0 Å². The molecule has 0 aliphatic carbocycles. The molecule has 116 valence electrons. The summed E-state index contributed by atoms with van der Waals surface area (Å²) in [4.78, 5) is 23.4. The molecule has 0 radical (unpaired) electrons. The third-order valence-electron chi connectivity index (χ3n) is 3.98. The van der Waals surface area contributed by atoms with Gasteiger partial charge < -0.3 is 4.90 Å². The van der Waals surface area contributed by atoms with Crippen LogP contribution in [0.4, 0.5) is 5.82 Å². The Labute approximate surface area is 141 Å². The van der Waals surface area contributed by atoms with Gasteiger partial charge in [-0.05, 0) is 48.9 Å². The minimum Gasteiger partial charge on any atom is -0.322 e. The fourth-order valence-corrected chi connectivity index (χ4v) is 3.74. The zero-order chi connectivity index (χ0) is 16.3. The molecule has 1 unspecified atom stereocenters. The Morgan fingerprint density at radius 1 is 1.17 bits per heavy atom. The lowest BCUT2D eigenvalue weighted by Crippen LogP contribution is -2.33. The highest BCUT2D eigenvalue weighted by Crippen LogP contribution is 2.44. The summed E-state index contributed by atoms with van der Waals surface area (Å²) in [7, 11) is 1.78. The number of likely N-dealkylation sites (N-methyl/N-ethyl adjacent to an activating group) is 1. The summed E-state index contributed by atoms with van der Waals surface area (Å²) in [6.45, 7) is 4.09. The number of anilines is 1. The summed E-state index contributed by atoms with van der Waals surface area (Å²) in [5.41, 5.74) is 3.40. The number of thioether (sulfide) groups is 1. The van der Waals surface area contributed by atoms with Crippen molar-refractivity contribution in [2.45, 2.75) is 24.4 Å². The van der Waals surface area contributed by atoms with Gasteiger partial charge >= 0.3 is 0 Å². The van der Waals surface area contributed by atoms with Crippen LogP contribution in [0.15, 0.2) is 38.1 Å². The van der Waals surface area contributed by atoms with Crippen LogP contribution in [-0.4, -0.2) is 28.3 Å². The van der Waals surface area contributed by atoms with Gasteiger partial charge in [-0.15, -0.1) is 5.11 Å². The van der Waals surface area contributed by atoms with Crippen molar-refractivity contribution in [3.05, 3.63) is 34.0 Å². The molecular weight excluding hydrogens is 334 g/mol. The van der Waals surface area contributed by atoms with Crippen molar-refractivity contribution in [3.63, 3.8) is 0 Å².